The first-order valence-electron chi connectivity index (χ1n) is 7.39. The fraction of sp³-hybridized carbons (Fsp3) is 0.235. The van der Waals surface area contributed by atoms with Crippen molar-refractivity contribution >= 4 is 16.8 Å². The number of H-pyrrole nitrogens is 1. The molecule has 6 nitrogen and oxygen atoms in total. The Morgan fingerprint density at radius 1 is 1.30 bits per heavy atom. The normalized spacial score (nSPS) is 10.7. The molecule has 0 unspecified atom stereocenters. The minimum atomic E-state index is -0.173. The molecule has 0 saturated heterocycles. The molecule has 2 heterocycles. The SMILES string of the molecule is COc1ccc2ncccc2c1C(=O)NCCc1nc[nH]c1C. The third-order valence-electron chi connectivity index (χ3n) is 3.78. The summed E-state index contributed by atoms with van der Waals surface area (Å²) in [4.78, 5) is 24.1. The smallest absolute Gasteiger partial charge is 0.255 e. The van der Waals surface area contributed by atoms with E-state index in [0.717, 1.165) is 22.3 Å². The molecule has 0 aliphatic rings. The molecule has 1 aromatic carbocycles. The van der Waals surface area contributed by atoms with Crippen molar-refractivity contribution in [3.05, 3.63) is 53.7 Å². The van der Waals surface area contributed by atoms with Crippen LogP contribution in [-0.4, -0.2) is 34.5 Å². The van der Waals surface area contributed by atoms with E-state index in [0.29, 0.717) is 24.3 Å². The molecule has 1 amide bonds. The first kappa shape index (κ1) is 15.0. The van der Waals surface area contributed by atoms with Gasteiger partial charge in [0.1, 0.15) is 5.75 Å². The minimum Gasteiger partial charge on any atom is -0.496 e. The number of pyridine rings is 1. The lowest BCUT2D eigenvalue weighted by Crippen LogP contribution is -2.26. The predicted octanol–water partition coefficient (Wildman–Crippen LogP) is 2.25. The number of aromatic amines is 1. The van der Waals surface area contributed by atoms with E-state index in [1.54, 1.807) is 25.7 Å². The van der Waals surface area contributed by atoms with Gasteiger partial charge < -0.3 is 15.0 Å². The zero-order chi connectivity index (χ0) is 16.2. The summed E-state index contributed by atoms with van der Waals surface area (Å²) in [6.45, 7) is 2.47. The van der Waals surface area contributed by atoms with Gasteiger partial charge in [0, 0.05) is 30.2 Å². The topological polar surface area (TPSA) is 79.9 Å². The molecule has 2 N–H and O–H groups in total. The van der Waals surface area contributed by atoms with Crippen LogP contribution in [0, 0.1) is 6.92 Å². The number of fused-ring (bicyclic) bond motifs is 1. The van der Waals surface area contributed by atoms with E-state index >= 15 is 0 Å². The Bertz CT molecular complexity index is 841. The molecule has 0 aliphatic heterocycles. The third-order valence-corrected chi connectivity index (χ3v) is 3.78. The molecule has 0 bridgehead atoms. The maximum atomic E-state index is 12.6. The van der Waals surface area contributed by atoms with Crippen molar-refractivity contribution in [1.82, 2.24) is 20.3 Å². The second-order valence-electron chi connectivity index (χ2n) is 5.19. The van der Waals surface area contributed by atoms with Crippen molar-refractivity contribution in [3.8, 4) is 5.75 Å². The zero-order valence-corrected chi connectivity index (χ0v) is 13.1. The lowest BCUT2D eigenvalue weighted by molar-refractivity contribution is 0.0953. The number of aromatic nitrogens is 3. The largest absolute Gasteiger partial charge is 0.496 e. The van der Waals surface area contributed by atoms with Gasteiger partial charge in [0.2, 0.25) is 0 Å². The summed E-state index contributed by atoms with van der Waals surface area (Å²) in [6.07, 6.45) is 4.04. The van der Waals surface area contributed by atoms with Gasteiger partial charge in [0.15, 0.2) is 0 Å². The molecule has 0 saturated carbocycles. The molecule has 6 heteroatoms. The zero-order valence-electron chi connectivity index (χ0n) is 13.1. The van der Waals surface area contributed by atoms with Crippen LogP contribution in [0.3, 0.4) is 0 Å². The molecule has 3 aromatic rings. The molecule has 0 atom stereocenters. The van der Waals surface area contributed by atoms with Crippen LogP contribution in [0.5, 0.6) is 5.75 Å². The van der Waals surface area contributed by atoms with Crippen LogP contribution >= 0.6 is 0 Å². The maximum Gasteiger partial charge on any atom is 0.255 e. The van der Waals surface area contributed by atoms with Crippen LogP contribution in [0.25, 0.3) is 10.9 Å². The van der Waals surface area contributed by atoms with Crippen LogP contribution in [0.2, 0.25) is 0 Å². The monoisotopic (exact) mass is 310 g/mol. The van der Waals surface area contributed by atoms with Gasteiger partial charge in [-0.3, -0.25) is 9.78 Å². The van der Waals surface area contributed by atoms with E-state index in [1.807, 2.05) is 25.1 Å². The van der Waals surface area contributed by atoms with E-state index in [9.17, 15) is 4.79 Å². The van der Waals surface area contributed by atoms with Gasteiger partial charge in [0.25, 0.3) is 5.91 Å². The fourth-order valence-corrected chi connectivity index (χ4v) is 2.56. The molecule has 118 valence electrons. The van der Waals surface area contributed by atoms with Gasteiger partial charge in [-0.05, 0) is 25.1 Å². The summed E-state index contributed by atoms with van der Waals surface area (Å²) >= 11 is 0. The summed E-state index contributed by atoms with van der Waals surface area (Å²) < 4.78 is 5.34. The number of hydrogen-bond donors (Lipinski definition) is 2. The average molecular weight is 310 g/mol. The van der Waals surface area contributed by atoms with Crippen LogP contribution in [0.15, 0.2) is 36.8 Å². The number of methoxy groups -OCH3 is 1. The number of imidazole rings is 1. The quantitative estimate of drug-likeness (QED) is 0.757. The molecule has 0 radical (unpaired) electrons. The van der Waals surface area contributed by atoms with Crippen LogP contribution in [0.1, 0.15) is 21.7 Å². The van der Waals surface area contributed by atoms with Gasteiger partial charge >= 0.3 is 0 Å². The molecule has 0 aliphatic carbocycles. The Balaban J connectivity index is 1.81. The number of ether oxygens (including phenoxy) is 1. The van der Waals surface area contributed by atoms with Crippen molar-refractivity contribution in [3.63, 3.8) is 0 Å². The van der Waals surface area contributed by atoms with Gasteiger partial charge in [0.05, 0.1) is 30.2 Å². The Kier molecular flexibility index (Phi) is 4.23. The number of hydrogen-bond acceptors (Lipinski definition) is 4. The summed E-state index contributed by atoms with van der Waals surface area (Å²) in [5.41, 5.74) is 3.25. The lowest BCUT2D eigenvalue weighted by atomic mass is 10.1. The van der Waals surface area contributed by atoms with Crippen molar-refractivity contribution < 1.29 is 9.53 Å². The number of rotatable bonds is 5. The van der Waals surface area contributed by atoms with Crippen LogP contribution in [0.4, 0.5) is 0 Å². The van der Waals surface area contributed by atoms with Gasteiger partial charge in [-0.15, -0.1) is 0 Å². The van der Waals surface area contributed by atoms with E-state index in [2.05, 4.69) is 20.3 Å². The van der Waals surface area contributed by atoms with Crippen LogP contribution < -0.4 is 10.1 Å². The van der Waals surface area contributed by atoms with Gasteiger partial charge in [-0.25, -0.2) is 4.98 Å². The number of nitrogens with one attached hydrogen (secondary N) is 2. The average Bonchev–Trinajstić information content (AvgIpc) is 2.98. The highest BCUT2D eigenvalue weighted by atomic mass is 16.5. The number of nitrogens with zero attached hydrogens (tertiary/aromatic N) is 2. The van der Waals surface area contributed by atoms with E-state index in [-0.39, 0.29) is 5.91 Å². The number of carbonyl (C=O) groups is 1. The number of benzene rings is 1. The Morgan fingerprint density at radius 3 is 2.91 bits per heavy atom. The molecule has 3 rings (SSSR count). The second-order valence-corrected chi connectivity index (χ2v) is 5.19. The van der Waals surface area contributed by atoms with Crippen LogP contribution in [-0.2, 0) is 6.42 Å². The van der Waals surface area contributed by atoms with Crippen molar-refractivity contribution in [1.29, 1.82) is 0 Å². The first-order valence-corrected chi connectivity index (χ1v) is 7.39. The molecule has 0 spiro atoms. The first-order chi connectivity index (χ1) is 11.2. The highest BCUT2D eigenvalue weighted by molar-refractivity contribution is 6.08. The summed E-state index contributed by atoms with van der Waals surface area (Å²) in [5, 5.41) is 3.71. The highest BCUT2D eigenvalue weighted by Crippen LogP contribution is 2.26. The van der Waals surface area contributed by atoms with Gasteiger partial charge in [-0.1, -0.05) is 6.07 Å². The predicted molar refractivity (Wildman–Crippen MR) is 87.7 cm³/mol. The molecular weight excluding hydrogens is 292 g/mol. The summed E-state index contributed by atoms with van der Waals surface area (Å²) in [5.74, 6) is 0.368. The number of amides is 1. The van der Waals surface area contributed by atoms with E-state index in [1.165, 1.54) is 0 Å². The fourth-order valence-electron chi connectivity index (χ4n) is 2.56. The Hall–Kier alpha value is -2.89. The van der Waals surface area contributed by atoms with Crippen molar-refractivity contribution in [2.24, 2.45) is 0 Å². The Labute approximate surface area is 133 Å². The van der Waals surface area contributed by atoms with E-state index < -0.39 is 0 Å². The van der Waals surface area contributed by atoms with Gasteiger partial charge in [-0.2, -0.15) is 0 Å². The lowest BCUT2D eigenvalue weighted by Gasteiger charge is -2.11. The molecule has 0 fully saturated rings. The molecule has 2 aromatic heterocycles. The highest BCUT2D eigenvalue weighted by Gasteiger charge is 2.16. The molecular formula is C17H18N4O2. The van der Waals surface area contributed by atoms with Crippen molar-refractivity contribution in [2.75, 3.05) is 13.7 Å². The number of carbonyl (C=O) groups excluding carboxylic acids is 1. The standard InChI is InChI=1S/C17H18N4O2/c1-11-13(21-10-20-11)7-9-19-17(22)16-12-4-3-8-18-14(12)5-6-15(16)23-2/h3-6,8,10H,7,9H2,1-2H3,(H,19,22)(H,20,21). The third kappa shape index (κ3) is 3.01. The summed E-state index contributed by atoms with van der Waals surface area (Å²) in [7, 11) is 1.56. The minimum absolute atomic E-state index is 0.173. The maximum absolute atomic E-state index is 12.6. The summed E-state index contributed by atoms with van der Waals surface area (Å²) in [6, 6.07) is 7.30. The Morgan fingerprint density at radius 2 is 2.17 bits per heavy atom. The second kappa shape index (κ2) is 6.48. The van der Waals surface area contributed by atoms with Crippen molar-refractivity contribution in [2.45, 2.75) is 13.3 Å². The molecule has 23 heavy (non-hydrogen) atoms. The van der Waals surface area contributed by atoms with E-state index in [4.69, 9.17) is 4.74 Å². The number of aryl methyl sites for hydroxylation is 1.